The first-order valence-corrected chi connectivity index (χ1v) is 10.4. The van der Waals surface area contributed by atoms with Crippen molar-refractivity contribution in [3.63, 3.8) is 0 Å². The smallest absolute Gasteiger partial charge is 0.126 e. The van der Waals surface area contributed by atoms with Crippen LogP contribution in [0.15, 0.2) is 54.4 Å². The third-order valence-electron chi connectivity index (χ3n) is 4.89. The molecule has 2 aliphatic heterocycles. The lowest BCUT2D eigenvalue weighted by Crippen LogP contribution is -2.31. The summed E-state index contributed by atoms with van der Waals surface area (Å²) < 4.78 is 12.5. The number of fused-ring (bicyclic) bond motifs is 1. The van der Waals surface area contributed by atoms with Crippen molar-refractivity contribution in [2.24, 2.45) is 4.99 Å². The maximum Gasteiger partial charge on any atom is 0.126 e. The van der Waals surface area contributed by atoms with Gasteiger partial charge in [0.2, 0.25) is 0 Å². The number of hydrogen-bond donors (Lipinski definition) is 2. The van der Waals surface area contributed by atoms with Gasteiger partial charge >= 0.3 is 0 Å². The number of benzene rings is 1. The Balaban J connectivity index is 0.000000224. The van der Waals surface area contributed by atoms with Crippen molar-refractivity contribution in [3.05, 3.63) is 55.0 Å². The third kappa shape index (κ3) is 6.95. The Hall–Kier alpha value is -2.73. The third-order valence-corrected chi connectivity index (χ3v) is 4.89. The molecule has 0 radical (unpaired) electrons. The molecular weight excluding hydrogens is 377 g/mol. The summed E-state index contributed by atoms with van der Waals surface area (Å²) >= 11 is 0. The van der Waals surface area contributed by atoms with E-state index in [0.29, 0.717) is 6.54 Å². The quantitative estimate of drug-likeness (QED) is 0.756. The molecule has 4 rings (SSSR count). The molecule has 0 amide bonds. The monoisotopic (exact) mass is 411 g/mol. The number of nitrogens with one attached hydrogen (secondary N) is 2. The zero-order valence-electron chi connectivity index (χ0n) is 18.6. The van der Waals surface area contributed by atoms with Gasteiger partial charge < -0.3 is 15.5 Å². The number of likely N-dealkylation sites (tertiary alicyclic amines) is 1. The molecular formula is C24H34FN5. The average molecular weight is 412 g/mol. The van der Waals surface area contributed by atoms with Gasteiger partial charge in [-0.3, -0.25) is 4.99 Å². The highest BCUT2D eigenvalue weighted by Crippen LogP contribution is 2.27. The lowest BCUT2D eigenvalue weighted by atomic mass is 10.0. The molecule has 1 aromatic carbocycles. The highest BCUT2D eigenvalue weighted by atomic mass is 19.1. The van der Waals surface area contributed by atoms with Crippen LogP contribution in [0.3, 0.4) is 0 Å². The van der Waals surface area contributed by atoms with Gasteiger partial charge in [-0.1, -0.05) is 18.7 Å². The predicted molar refractivity (Wildman–Crippen MR) is 128 cm³/mol. The summed E-state index contributed by atoms with van der Waals surface area (Å²) in [6.07, 6.45) is 7.60. The number of nitrogens with zero attached hydrogens (tertiary/aromatic N) is 3. The molecule has 1 fully saturated rings. The van der Waals surface area contributed by atoms with Crippen LogP contribution in [-0.2, 0) is 0 Å². The highest BCUT2D eigenvalue weighted by Gasteiger charge is 2.15. The van der Waals surface area contributed by atoms with Crippen molar-refractivity contribution in [1.82, 2.24) is 15.2 Å². The molecule has 162 valence electrons. The van der Waals surface area contributed by atoms with Crippen LogP contribution >= 0.6 is 0 Å². The van der Waals surface area contributed by atoms with Crippen molar-refractivity contribution in [1.29, 1.82) is 0 Å². The molecule has 6 heteroatoms. The van der Waals surface area contributed by atoms with Crippen LogP contribution in [0.25, 0.3) is 16.3 Å². The summed E-state index contributed by atoms with van der Waals surface area (Å²) in [5.74, 6) is 0.896. The molecule has 3 heterocycles. The van der Waals surface area contributed by atoms with Crippen molar-refractivity contribution in [2.75, 3.05) is 39.5 Å². The molecule has 0 aliphatic carbocycles. The van der Waals surface area contributed by atoms with E-state index < -0.39 is 6.17 Å². The topological polar surface area (TPSA) is 52.5 Å². The minimum Gasteiger partial charge on any atom is -0.375 e. The number of halogens is 1. The summed E-state index contributed by atoms with van der Waals surface area (Å²) in [6, 6.07) is 8.54. The van der Waals surface area contributed by atoms with Gasteiger partial charge in [-0.25, -0.2) is 9.37 Å². The number of piperidine rings is 1. The second-order valence-electron chi connectivity index (χ2n) is 7.49. The fourth-order valence-corrected chi connectivity index (χ4v) is 3.33. The van der Waals surface area contributed by atoms with Gasteiger partial charge in [-0.05, 0) is 68.7 Å². The Bertz CT molecular complexity index is 890. The first-order chi connectivity index (χ1) is 14.5. The van der Waals surface area contributed by atoms with Crippen molar-refractivity contribution in [2.45, 2.75) is 32.4 Å². The molecule has 2 N–H and O–H groups in total. The molecule has 0 spiro atoms. The maximum atomic E-state index is 12.5. The van der Waals surface area contributed by atoms with E-state index in [4.69, 9.17) is 0 Å². The molecule has 0 bridgehead atoms. The van der Waals surface area contributed by atoms with E-state index in [1.165, 1.54) is 22.2 Å². The Kier molecular flexibility index (Phi) is 9.48. The summed E-state index contributed by atoms with van der Waals surface area (Å²) in [7, 11) is 5.63. The van der Waals surface area contributed by atoms with E-state index in [-0.39, 0.29) is 0 Å². The largest absolute Gasteiger partial charge is 0.375 e. The van der Waals surface area contributed by atoms with Gasteiger partial charge in [-0.15, -0.1) is 0 Å². The molecule has 5 nitrogen and oxygen atoms in total. The predicted octanol–water partition coefficient (Wildman–Crippen LogP) is 4.88. The van der Waals surface area contributed by atoms with Crippen molar-refractivity contribution in [3.8, 4) is 0 Å². The van der Waals surface area contributed by atoms with Crippen molar-refractivity contribution >= 4 is 27.9 Å². The Labute approximate surface area is 179 Å². The fraction of sp³-hybridized carbons (Fsp3) is 0.417. The lowest BCUT2D eigenvalue weighted by Gasteiger charge is -2.26. The van der Waals surface area contributed by atoms with Crippen LogP contribution in [-0.4, -0.2) is 56.0 Å². The number of allylic oxidation sites excluding steroid dienone is 1. The lowest BCUT2D eigenvalue weighted by molar-refractivity contribution is 0.180. The SMILES string of the molecule is C=CN1CCCC(F)C1.CNC.CNc1cc2cc(C3=CN=C(C)C3)ccc2cn1. The van der Waals surface area contributed by atoms with E-state index in [9.17, 15) is 4.39 Å². The van der Waals surface area contributed by atoms with Gasteiger partial charge in [0.15, 0.2) is 0 Å². The van der Waals surface area contributed by atoms with Gasteiger partial charge in [0.25, 0.3) is 0 Å². The highest BCUT2D eigenvalue weighted by molar-refractivity contribution is 5.98. The van der Waals surface area contributed by atoms with Crippen LogP contribution in [0.1, 0.15) is 31.7 Å². The molecule has 0 saturated carbocycles. The Morgan fingerprint density at radius 1 is 1.20 bits per heavy atom. The second-order valence-corrected chi connectivity index (χ2v) is 7.49. The van der Waals surface area contributed by atoms with E-state index in [0.717, 1.165) is 37.0 Å². The first-order valence-electron chi connectivity index (χ1n) is 10.4. The van der Waals surface area contributed by atoms with Gasteiger partial charge in [0.05, 0.1) is 0 Å². The summed E-state index contributed by atoms with van der Waals surface area (Å²) in [6.45, 7) is 7.16. The zero-order chi connectivity index (χ0) is 21.9. The summed E-state index contributed by atoms with van der Waals surface area (Å²) in [5.41, 5.74) is 3.71. The van der Waals surface area contributed by atoms with E-state index in [1.54, 1.807) is 6.20 Å². The van der Waals surface area contributed by atoms with Gasteiger partial charge in [-0.2, -0.15) is 0 Å². The van der Waals surface area contributed by atoms with Gasteiger partial charge in [0, 0.05) is 50.1 Å². The molecule has 2 aromatic rings. The standard InChI is InChI=1S/C15H15N3.C7H12FN.C2H7N/c1-10-5-14(9-17-10)11-3-4-12-8-18-15(16-2)7-13(12)6-11;1-2-9-5-3-4-7(8)6-9;1-3-2/h3-4,6-9H,5H2,1-2H3,(H,16,18);2,7H,1,3-6H2;3H,1-2H3. The number of aliphatic imine (C=N–C) groups is 1. The van der Waals surface area contributed by atoms with E-state index in [2.05, 4.69) is 58.4 Å². The second kappa shape index (κ2) is 12.1. The van der Waals surface area contributed by atoms with Crippen LogP contribution in [0.2, 0.25) is 0 Å². The van der Waals surface area contributed by atoms with Crippen LogP contribution in [0, 0.1) is 0 Å². The van der Waals surface area contributed by atoms with Crippen LogP contribution in [0.4, 0.5) is 10.2 Å². The number of rotatable bonds is 3. The average Bonchev–Trinajstić information content (AvgIpc) is 3.20. The summed E-state index contributed by atoms with van der Waals surface area (Å²) in [4.78, 5) is 10.6. The molecule has 1 unspecified atom stereocenters. The summed E-state index contributed by atoms with van der Waals surface area (Å²) in [5, 5.41) is 8.18. The molecule has 1 atom stereocenters. The molecule has 1 saturated heterocycles. The van der Waals surface area contributed by atoms with Crippen molar-refractivity contribution < 1.29 is 4.39 Å². The van der Waals surface area contributed by atoms with E-state index in [1.807, 2.05) is 38.4 Å². The number of hydrogen-bond acceptors (Lipinski definition) is 5. The van der Waals surface area contributed by atoms with Crippen LogP contribution < -0.4 is 10.6 Å². The molecule has 1 aromatic heterocycles. The Morgan fingerprint density at radius 3 is 2.53 bits per heavy atom. The van der Waals surface area contributed by atoms with Gasteiger partial charge in [0.1, 0.15) is 12.0 Å². The number of alkyl halides is 1. The minimum absolute atomic E-state index is 0.545. The first kappa shape index (κ1) is 23.5. The Morgan fingerprint density at radius 2 is 1.97 bits per heavy atom. The number of pyridine rings is 1. The molecule has 30 heavy (non-hydrogen) atoms. The number of anilines is 1. The number of aromatic nitrogens is 1. The normalized spacial score (nSPS) is 17.8. The molecule has 2 aliphatic rings. The van der Waals surface area contributed by atoms with E-state index >= 15 is 0 Å². The fourth-order valence-electron chi connectivity index (χ4n) is 3.33. The minimum atomic E-state index is -0.628. The zero-order valence-corrected chi connectivity index (χ0v) is 18.6. The maximum absolute atomic E-state index is 12.5. The van der Waals surface area contributed by atoms with Crippen LogP contribution in [0.5, 0.6) is 0 Å².